The minimum absolute atomic E-state index is 0.0127. The van der Waals surface area contributed by atoms with Gasteiger partial charge in [0.15, 0.2) is 0 Å². The second kappa shape index (κ2) is 12.9. The van der Waals surface area contributed by atoms with Gasteiger partial charge in [-0.05, 0) is 61.6 Å². The van der Waals surface area contributed by atoms with Crippen LogP contribution in [0.25, 0.3) is 0 Å². The molecule has 2 N–H and O–H groups in total. The van der Waals surface area contributed by atoms with Crippen molar-refractivity contribution in [1.29, 1.82) is 0 Å². The van der Waals surface area contributed by atoms with Crippen LogP contribution in [0.3, 0.4) is 0 Å². The fourth-order valence-electron chi connectivity index (χ4n) is 4.45. The second-order valence-electron chi connectivity index (χ2n) is 9.94. The summed E-state index contributed by atoms with van der Waals surface area (Å²) in [5.41, 5.74) is 1.86. The lowest BCUT2D eigenvalue weighted by molar-refractivity contribution is -0.131. The average molecular weight is 544 g/mol. The number of sulfonamides is 1. The molecule has 206 valence electrons. The highest BCUT2D eigenvalue weighted by Gasteiger charge is 2.26. The average Bonchev–Trinajstić information content (AvgIpc) is 2.89. The van der Waals surface area contributed by atoms with Crippen molar-refractivity contribution in [2.75, 3.05) is 13.7 Å². The fourth-order valence-corrected chi connectivity index (χ4v) is 5.36. The van der Waals surface area contributed by atoms with Gasteiger partial charge < -0.3 is 10.1 Å². The molecule has 0 unspecified atom stereocenters. The van der Waals surface area contributed by atoms with Gasteiger partial charge >= 0.3 is 6.03 Å². The van der Waals surface area contributed by atoms with Crippen LogP contribution >= 0.6 is 0 Å². The first-order valence-electron chi connectivity index (χ1n) is 12.9. The summed E-state index contributed by atoms with van der Waals surface area (Å²) in [6, 6.07) is 10.5. The Bertz CT molecular complexity index is 1250. The number of rotatable bonds is 9. The van der Waals surface area contributed by atoms with Crippen molar-refractivity contribution in [2.45, 2.75) is 70.2 Å². The minimum Gasteiger partial charge on any atom is -0.497 e. The quantitative estimate of drug-likeness (QED) is 0.489. The van der Waals surface area contributed by atoms with E-state index >= 15 is 0 Å². The van der Waals surface area contributed by atoms with Crippen LogP contribution in [-0.4, -0.2) is 50.9 Å². The number of hydrogen-bond acceptors (Lipinski definition) is 6. The Morgan fingerprint density at radius 2 is 1.68 bits per heavy atom. The normalized spacial score (nSPS) is 14.1. The van der Waals surface area contributed by atoms with E-state index in [1.54, 1.807) is 51.1 Å². The Morgan fingerprint density at radius 1 is 1.03 bits per heavy atom. The molecule has 0 bridgehead atoms. The van der Waals surface area contributed by atoms with Crippen LogP contribution in [0.15, 0.2) is 47.4 Å². The summed E-state index contributed by atoms with van der Waals surface area (Å²) < 4.78 is 32.7. The van der Waals surface area contributed by atoms with Crippen molar-refractivity contribution in [3.05, 3.63) is 59.2 Å². The van der Waals surface area contributed by atoms with Gasteiger partial charge in [-0.3, -0.25) is 14.5 Å². The first-order chi connectivity index (χ1) is 18.0. The smallest absolute Gasteiger partial charge is 0.328 e. The summed E-state index contributed by atoms with van der Waals surface area (Å²) in [6.07, 6.45) is 5.19. The van der Waals surface area contributed by atoms with E-state index in [1.165, 1.54) is 24.1 Å². The molecule has 0 atom stereocenters. The molecule has 2 aromatic carbocycles. The molecule has 2 aromatic rings. The molecule has 1 saturated carbocycles. The second-order valence-corrected chi connectivity index (χ2v) is 11.6. The number of imide groups is 1. The molecule has 0 radical (unpaired) electrons. The molecular formula is C28H37N3O6S. The number of amides is 4. The zero-order valence-corrected chi connectivity index (χ0v) is 23.3. The largest absolute Gasteiger partial charge is 0.497 e. The lowest BCUT2D eigenvalue weighted by atomic mass is 9.96. The van der Waals surface area contributed by atoms with E-state index in [-0.39, 0.29) is 29.3 Å². The van der Waals surface area contributed by atoms with Crippen LogP contribution in [0.1, 0.15) is 67.4 Å². The molecule has 38 heavy (non-hydrogen) atoms. The molecule has 1 aliphatic carbocycles. The number of carbonyl (C=O) groups is 3. The third kappa shape index (κ3) is 7.56. The highest BCUT2D eigenvalue weighted by molar-refractivity contribution is 7.90. The van der Waals surface area contributed by atoms with E-state index in [9.17, 15) is 22.8 Å². The standard InChI is InChI=1S/C28H37N3O6S/c1-19(2)26(32)31(27(33)25-18-23(37-4)13-10-20(25)3)17-16-21-11-14-24(15-12-21)38(35,36)30-28(34)29-22-8-6-5-7-9-22/h10-15,18-19,22H,5-9,16-17H2,1-4H3,(H2,29,30,34). The molecule has 0 aliphatic heterocycles. The van der Waals surface area contributed by atoms with Crippen LogP contribution in [0.5, 0.6) is 5.75 Å². The van der Waals surface area contributed by atoms with Crippen LogP contribution in [0.4, 0.5) is 4.79 Å². The highest BCUT2D eigenvalue weighted by atomic mass is 32.2. The Hall–Kier alpha value is -3.40. The van der Waals surface area contributed by atoms with Gasteiger partial charge in [0.2, 0.25) is 5.91 Å². The lowest BCUT2D eigenvalue weighted by Gasteiger charge is -2.24. The number of hydrogen-bond donors (Lipinski definition) is 2. The summed E-state index contributed by atoms with van der Waals surface area (Å²) in [5, 5.41) is 2.74. The molecule has 0 saturated heterocycles. The molecule has 4 amide bonds. The Balaban J connectivity index is 1.68. The zero-order chi connectivity index (χ0) is 27.9. The van der Waals surface area contributed by atoms with E-state index < -0.39 is 22.0 Å². The van der Waals surface area contributed by atoms with Crippen molar-refractivity contribution in [3.8, 4) is 5.75 Å². The van der Waals surface area contributed by atoms with Gasteiger partial charge in [0.05, 0.1) is 12.0 Å². The maximum Gasteiger partial charge on any atom is 0.328 e. The summed E-state index contributed by atoms with van der Waals surface area (Å²) in [6.45, 7) is 5.39. The summed E-state index contributed by atoms with van der Waals surface area (Å²) in [4.78, 5) is 39.7. The van der Waals surface area contributed by atoms with Crippen LogP contribution in [-0.2, 0) is 21.2 Å². The third-order valence-corrected chi connectivity index (χ3v) is 8.05. The summed E-state index contributed by atoms with van der Waals surface area (Å²) >= 11 is 0. The third-order valence-electron chi connectivity index (χ3n) is 6.71. The van der Waals surface area contributed by atoms with Gasteiger partial charge in [0.25, 0.3) is 15.9 Å². The van der Waals surface area contributed by atoms with E-state index in [2.05, 4.69) is 10.0 Å². The monoisotopic (exact) mass is 543 g/mol. The molecular weight excluding hydrogens is 506 g/mol. The van der Waals surface area contributed by atoms with Crippen LogP contribution < -0.4 is 14.8 Å². The number of benzene rings is 2. The molecule has 1 fully saturated rings. The van der Waals surface area contributed by atoms with E-state index in [0.717, 1.165) is 43.2 Å². The fraction of sp³-hybridized carbons (Fsp3) is 0.464. The molecule has 0 spiro atoms. The number of carbonyl (C=O) groups excluding carboxylic acids is 3. The van der Waals surface area contributed by atoms with Crippen molar-refractivity contribution >= 4 is 27.9 Å². The van der Waals surface area contributed by atoms with Crippen molar-refractivity contribution < 1.29 is 27.5 Å². The van der Waals surface area contributed by atoms with E-state index in [4.69, 9.17) is 4.74 Å². The Labute approximate surface area is 225 Å². The predicted molar refractivity (Wildman–Crippen MR) is 144 cm³/mol. The van der Waals surface area contributed by atoms with Crippen molar-refractivity contribution in [2.24, 2.45) is 5.92 Å². The first kappa shape index (κ1) is 29.2. The number of methoxy groups -OCH3 is 1. The molecule has 0 aromatic heterocycles. The molecule has 9 nitrogen and oxygen atoms in total. The maximum absolute atomic E-state index is 13.4. The number of nitrogens with one attached hydrogen (secondary N) is 2. The lowest BCUT2D eigenvalue weighted by Crippen LogP contribution is -2.45. The SMILES string of the molecule is COc1ccc(C)c(C(=O)N(CCc2ccc(S(=O)(=O)NC(=O)NC3CCCCC3)cc2)C(=O)C(C)C)c1. The van der Waals surface area contributed by atoms with Gasteiger partial charge in [-0.2, -0.15) is 0 Å². The highest BCUT2D eigenvalue weighted by Crippen LogP contribution is 2.21. The van der Waals surface area contributed by atoms with Crippen LogP contribution in [0.2, 0.25) is 0 Å². The minimum atomic E-state index is -4.04. The van der Waals surface area contributed by atoms with Gasteiger partial charge in [-0.25, -0.2) is 17.9 Å². The van der Waals surface area contributed by atoms with Crippen LogP contribution in [0, 0.1) is 12.8 Å². The first-order valence-corrected chi connectivity index (χ1v) is 14.4. The molecule has 3 rings (SSSR count). The van der Waals surface area contributed by atoms with E-state index in [0.29, 0.717) is 17.7 Å². The number of ether oxygens (including phenoxy) is 1. The van der Waals surface area contributed by atoms with Gasteiger partial charge in [0.1, 0.15) is 5.75 Å². The molecule has 10 heteroatoms. The van der Waals surface area contributed by atoms with E-state index in [1.807, 2.05) is 0 Å². The number of aryl methyl sites for hydroxylation is 1. The number of nitrogens with zero attached hydrogens (tertiary/aromatic N) is 1. The number of urea groups is 1. The topological polar surface area (TPSA) is 122 Å². The van der Waals surface area contributed by atoms with Gasteiger partial charge in [0, 0.05) is 24.1 Å². The predicted octanol–water partition coefficient (Wildman–Crippen LogP) is 4.19. The van der Waals surface area contributed by atoms with Crippen molar-refractivity contribution in [1.82, 2.24) is 14.9 Å². The summed E-state index contributed by atoms with van der Waals surface area (Å²) in [5.74, 6) is -0.575. The van der Waals surface area contributed by atoms with Gasteiger partial charge in [-0.1, -0.05) is 51.3 Å². The Kier molecular flexibility index (Phi) is 9.90. The van der Waals surface area contributed by atoms with Crippen molar-refractivity contribution in [3.63, 3.8) is 0 Å². The Morgan fingerprint density at radius 3 is 2.29 bits per heavy atom. The molecule has 1 aliphatic rings. The molecule has 0 heterocycles. The zero-order valence-electron chi connectivity index (χ0n) is 22.5. The summed E-state index contributed by atoms with van der Waals surface area (Å²) in [7, 11) is -2.52. The van der Waals surface area contributed by atoms with Gasteiger partial charge in [-0.15, -0.1) is 0 Å². The maximum atomic E-state index is 13.4.